The summed E-state index contributed by atoms with van der Waals surface area (Å²) in [5.41, 5.74) is 2.54. The number of nitrogens with zero attached hydrogens (tertiary/aromatic N) is 1. The largest absolute Gasteiger partial charge is 0.456 e. The van der Waals surface area contributed by atoms with Crippen LogP contribution in [0.2, 0.25) is 0 Å². The summed E-state index contributed by atoms with van der Waals surface area (Å²) in [5, 5.41) is 0. The molecule has 28 heavy (non-hydrogen) atoms. The number of fused-ring (bicyclic) bond motifs is 5. The molecule has 5 atom stereocenters. The van der Waals surface area contributed by atoms with E-state index in [4.69, 9.17) is 4.74 Å². The van der Waals surface area contributed by atoms with E-state index in [9.17, 15) is 19.2 Å². The number of hydrogen-bond donors (Lipinski definition) is 0. The number of carbonyl (C=O) groups excluding carboxylic acids is 4. The maximum absolute atomic E-state index is 12.8. The van der Waals surface area contributed by atoms with Crippen LogP contribution in [0.15, 0.2) is 18.2 Å². The first-order valence-corrected chi connectivity index (χ1v) is 9.93. The molecule has 1 aromatic rings. The quantitative estimate of drug-likeness (QED) is 0.443. The van der Waals surface area contributed by atoms with E-state index in [0.717, 1.165) is 35.3 Å². The fourth-order valence-corrected chi connectivity index (χ4v) is 5.17. The molecule has 0 spiro atoms. The third-order valence-electron chi connectivity index (χ3n) is 6.86. The lowest BCUT2D eigenvalue weighted by Crippen LogP contribution is -2.45. The highest BCUT2D eigenvalue weighted by atomic mass is 16.5. The number of imide groups is 1. The average molecular weight is 383 g/mol. The van der Waals surface area contributed by atoms with E-state index in [2.05, 4.69) is 0 Å². The maximum Gasteiger partial charge on any atom is 0.329 e. The molecule has 2 saturated carbocycles. The molecule has 6 nitrogen and oxygen atoms in total. The van der Waals surface area contributed by atoms with Crippen LogP contribution in [0.1, 0.15) is 47.7 Å². The molecule has 0 radical (unpaired) electrons. The Morgan fingerprint density at radius 1 is 1.07 bits per heavy atom. The van der Waals surface area contributed by atoms with Gasteiger partial charge in [-0.25, -0.2) is 4.79 Å². The minimum atomic E-state index is -1.00. The van der Waals surface area contributed by atoms with E-state index in [1.54, 1.807) is 12.1 Å². The lowest BCUT2D eigenvalue weighted by atomic mass is 9.81. The summed E-state index contributed by atoms with van der Waals surface area (Å²) in [6.45, 7) is 4.97. The zero-order valence-electron chi connectivity index (χ0n) is 16.4. The van der Waals surface area contributed by atoms with Crippen LogP contribution in [0.25, 0.3) is 0 Å². The summed E-state index contributed by atoms with van der Waals surface area (Å²) < 4.78 is 5.16. The van der Waals surface area contributed by atoms with Gasteiger partial charge >= 0.3 is 5.97 Å². The van der Waals surface area contributed by atoms with Gasteiger partial charge in [0.25, 0.3) is 0 Å². The van der Waals surface area contributed by atoms with Crippen LogP contribution < -0.4 is 0 Å². The average Bonchev–Trinajstić information content (AvgIpc) is 3.35. The number of hydrogen-bond acceptors (Lipinski definition) is 5. The number of carbonyl (C=O) groups is 4. The van der Waals surface area contributed by atoms with Gasteiger partial charge in [-0.15, -0.1) is 0 Å². The molecule has 2 amide bonds. The van der Waals surface area contributed by atoms with Gasteiger partial charge in [0.15, 0.2) is 12.4 Å². The van der Waals surface area contributed by atoms with E-state index in [1.807, 2.05) is 19.9 Å². The first-order valence-electron chi connectivity index (χ1n) is 9.93. The lowest BCUT2D eigenvalue weighted by molar-refractivity contribution is -0.157. The highest BCUT2D eigenvalue weighted by Crippen LogP contribution is 2.56. The molecule has 1 heterocycles. The summed E-state index contributed by atoms with van der Waals surface area (Å²) >= 11 is 0. The second-order valence-electron chi connectivity index (χ2n) is 8.44. The Labute approximate surface area is 164 Å². The second-order valence-corrected chi connectivity index (χ2v) is 8.44. The Morgan fingerprint density at radius 2 is 1.68 bits per heavy atom. The fraction of sp³-hybridized carbons (Fsp3) is 0.545. The fourth-order valence-electron chi connectivity index (χ4n) is 5.17. The van der Waals surface area contributed by atoms with Gasteiger partial charge in [0.2, 0.25) is 11.8 Å². The van der Waals surface area contributed by atoms with Gasteiger partial charge in [0.1, 0.15) is 6.04 Å². The van der Waals surface area contributed by atoms with E-state index in [-0.39, 0.29) is 41.3 Å². The predicted molar refractivity (Wildman–Crippen MR) is 100 cm³/mol. The first-order chi connectivity index (χ1) is 13.3. The topological polar surface area (TPSA) is 80.8 Å². The minimum Gasteiger partial charge on any atom is -0.456 e. The van der Waals surface area contributed by atoms with Gasteiger partial charge in [-0.2, -0.15) is 0 Å². The Kier molecular flexibility index (Phi) is 4.60. The number of Topliss-reactive ketones (excluding diaryl/α,β-unsaturated/α-hetero) is 1. The Balaban J connectivity index is 1.40. The minimum absolute atomic E-state index is 0.243. The predicted octanol–water partition coefficient (Wildman–Crippen LogP) is 2.45. The number of benzene rings is 1. The van der Waals surface area contributed by atoms with Crippen molar-refractivity contribution in [2.75, 3.05) is 6.61 Å². The lowest BCUT2D eigenvalue weighted by Gasteiger charge is -2.23. The van der Waals surface area contributed by atoms with Crippen LogP contribution in [0.5, 0.6) is 0 Å². The summed E-state index contributed by atoms with van der Waals surface area (Å²) in [7, 11) is 0. The zero-order chi connectivity index (χ0) is 20.2. The molecule has 2 aliphatic carbocycles. The molecule has 3 fully saturated rings. The van der Waals surface area contributed by atoms with Gasteiger partial charge in [-0.3, -0.25) is 19.3 Å². The van der Waals surface area contributed by atoms with Crippen molar-refractivity contribution >= 4 is 23.6 Å². The Hall–Kier alpha value is -2.50. The smallest absolute Gasteiger partial charge is 0.329 e. The maximum atomic E-state index is 12.8. The van der Waals surface area contributed by atoms with Crippen molar-refractivity contribution in [3.63, 3.8) is 0 Å². The van der Waals surface area contributed by atoms with E-state index in [0.29, 0.717) is 5.56 Å². The molecule has 6 heteroatoms. The molecular formula is C22H25NO5. The van der Waals surface area contributed by atoms with Crippen LogP contribution in [0.4, 0.5) is 0 Å². The molecule has 148 valence electrons. The molecule has 0 aromatic heterocycles. The van der Waals surface area contributed by atoms with E-state index >= 15 is 0 Å². The Morgan fingerprint density at radius 3 is 2.25 bits per heavy atom. The number of ether oxygens (including phenoxy) is 1. The van der Waals surface area contributed by atoms with E-state index < -0.39 is 18.6 Å². The van der Waals surface area contributed by atoms with Crippen molar-refractivity contribution < 1.29 is 23.9 Å². The van der Waals surface area contributed by atoms with Crippen molar-refractivity contribution in [1.82, 2.24) is 4.90 Å². The molecule has 1 aliphatic heterocycles. The van der Waals surface area contributed by atoms with Crippen LogP contribution >= 0.6 is 0 Å². The SMILES string of the molecule is Cc1ccc(C(=O)COC(=O)[C@H](C)N2C(=O)[C@@H]3[C@@H]4CC[C@@H](C4)[C@@H]3C2=O)cc1C. The number of ketones is 1. The summed E-state index contributed by atoms with van der Waals surface area (Å²) in [4.78, 5) is 51.4. The van der Waals surface area contributed by atoms with Crippen molar-refractivity contribution in [1.29, 1.82) is 0 Å². The number of rotatable bonds is 5. The summed E-state index contributed by atoms with van der Waals surface area (Å²) in [6.07, 6.45) is 2.92. The van der Waals surface area contributed by atoms with Crippen LogP contribution in [-0.2, 0) is 19.1 Å². The molecule has 3 aliphatic rings. The van der Waals surface area contributed by atoms with Crippen molar-refractivity contribution in [3.8, 4) is 0 Å². The third-order valence-corrected chi connectivity index (χ3v) is 6.86. The molecule has 2 bridgehead atoms. The standard InChI is InChI=1S/C22H25NO5/c1-11-4-5-14(8-12(11)2)17(24)10-28-22(27)13(3)23-20(25)18-15-6-7-16(9-15)19(18)21(23)26/h4-5,8,13,15-16,18-19H,6-7,9-10H2,1-3H3/t13-,15-,16+,18-,19+/m0/s1. The van der Waals surface area contributed by atoms with Crippen molar-refractivity contribution in [2.24, 2.45) is 23.7 Å². The second kappa shape index (κ2) is 6.83. The van der Waals surface area contributed by atoms with Gasteiger partial charge in [0, 0.05) is 5.56 Å². The third kappa shape index (κ3) is 2.86. The number of aryl methyl sites for hydroxylation is 2. The molecule has 0 unspecified atom stereocenters. The highest BCUT2D eigenvalue weighted by Gasteiger charge is 2.62. The number of amides is 2. The van der Waals surface area contributed by atoms with Crippen molar-refractivity contribution in [2.45, 2.75) is 46.1 Å². The van der Waals surface area contributed by atoms with Gasteiger partial charge < -0.3 is 4.74 Å². The molecule has 1 aromatic carbocycles. The molecule has 0 N–H and O–H groups in total. The monoisotopic (exact) mass is 383 g/mol. The highest BCUT2D eigenvalue weighted by molar-refractivity contribution is 6.08. The van der Waals surface area contributed by atoms with Crippen LogP contribution in [-0.4, -0.2) is 41.1 Å². The first kappa shape index (κ1) is 18.8. The van der Waals surface area contributed by atoms with Crippen LogP contribution in [0.3, 0.4) is 0 Å². The van der Waals surface area contributed by atoms with Gasteiger partial charge in [-0.1, -0.05) is 12.1 Å². The van der Waals surface area contributed by atoms with E-state index in [1.165, 1.54) is 6.92 Å². The number of esters is 1. The zero-order valence-corrected chi connectivity index (χ0v) is 16.4. The molecule has 1 saturated heterocycles. The number of likely N-dealkylation sites (tertiary alicyclic amines) is 1. The normalized spacial score (nSPS) is 29.2. The van der Waals surface area contributed by atoms with Gasteiger partial charge in [0.05, 0.1) is 11.8 Å². The summed E-state index contributed by atoms with van der Waals surface area (Å²) in [5.74, 6) is -1.50. The molecular weight excluding hydrogens is 358 g/mol. The summed E-state index contributed by atoms with van der Waals surface area (Å²) in [6, 6.07) is 4.31. The van der Waals surface area contributed by atoms with Crippen molar-refractivity contribution in [3.05, 3.63) is 34.9 Å². The van der Waals surface area contributed by atoms with Gasteiger partial charge in [-0.05, 0) is 69.1 Å². The molecule has 4 rings (SSSR count). The van der Waals surface area contributed by atoms with Crippen LogP contribution in [0, 0.1) is 37.5 Å². The Bertz CT molecular complexity index is 848.